The summed E-state index contributed by atoms with van der Waals surface area (Å²) < 4.78 is 26.9. The van der Waals surface area contributed by atoms with Crippen LogP contribution in [0, 0.1) is 5.92 Å². The number of nitrogens with one attached hydrogen (secondary N) is 1. The first-order chi connectivity index (χ1) is 9.63. The highest BCUT2D eigenvalue weighted by atomic mass is 32.2. The van der Waals surface area contributed by atoms with E-state index in [1.54, 1.807) is 16.4 Å². The molecular weight excluding hydrogens is 278 g/mol. The quantitative estimate of drug-likeness (QED) is 0.834. The van der Waals surface area contributed by atoms with Crippen molar-refractivity contribution in [3.8, 4) is 0 Å². The van der Waals surface area contributed by atoms with Gasteiger partial charge in [-0.3, -0.25) is 0 Å². The second-order valence-electron chi connectivity index (χ2n) is 5.33. The molecule has 1 aromatic rings. The van der Waals surface area contributed by atoms with Crippen LogP contribution < -0.4 is 5.32 Å². The number of aliphatic hydroxyl groups is 1. The summed E-state index contributed by atoms with van der Waals surface area (Å²) in [5, 5.41) is 11.8. The van der Waals surface area contributed by atoms with Gasteiger partial charge in [-0.05, 0) is 37.3 Å². The topological polar surface area (TPSA) is 82.5 Å². The number of aromatic nitrogens is 1. The molecule has 1 aliphatic heterocycles. The highest BCUT2D eigenvalue weighted by Gasteiger charge is 2.49. The maximum absolute atomic E-state index is 12.6. The van der Waals surface area contributed by atoms with Gasteiger partial charge in [0.15, 0.2) is 5.03 Å². The van der Waals surface area contributed by atoms with Gasteiger partial charge >= 0.3 is 0 Å². The molecule has 1 aliphatic carbocycles. The van der Waals surface area contributed by atoms with E-state index >= 15 is 0 Å². The van der Waals surface area contributed by atoms with Crippen molar-refractivity contribution in [2.24, 2.45) is 5.92 Å². The van der Waals surface area contributed by atoms with Crippen LogP contribution in [0.5, 0.6) is 0 Å². The first-order valence-corrected chi connectivity index (χ1v) is 8.40. The molecule has 0 bridgehead atoms. The lowest BCUT2D eigenvalue weighted by Gasteiger charge is -2.25. The molecule has 2 N–H and O–H groups in total. The van der Waals surface area contributed by atoms with E-state index in [-0.39, 0.29) is 17.7 Å². The van der Waals surface area contributed by atoms with Crippen LogP contribution in [0.15, 0.2) is 23.2 Å². The van der Waals surface area contributed by atoms with Crippen LogP contribution in [0.1, 0.15) is 19.3 Å². The lowest BCUT2D eigenvalue weighted by atomic mass is 10.2. The van der Waals surface area contributed by atoms with Crippen molar-refractivity contribution in [3.63, 3.8) is 0 Å². The van der Waals surface area contributed by atoms with Gasteiger partial charge in [-0.25, -0.2) is 13.4 Å². The Labute approximate surface area is 118 Å². The van der Waals surface area contributed by atoms with Crippen molar-refractivity contribution < 1.29 is 13.5 Å². The van der Waals surface area contributed by atoms with E-state index < -0.39 is 10.0 Å². The molecule has 2 atom stereocenters. The fourth-order valence-electron chi connectivity index (χ4n) is 2.83. The smallest absolute Gasteiger partial charge is 0.260 e. The number of anilines is 1. The summed E-state index contributed by atoms with van der Waals surface area (Å²) in [4.78, 5) is 4.16. The number of hydrogen-bond donors (Lipinski definition) is 2. The zero-order chi connectivity index (χ0) is 14.2. The van der Waals surface area contributed by atoms with E-state index in [1.807, 2.05) is 0 Å². The standard InChI is InChI=1S/C13H19N3O3S/c17-8-6-14-12-4-1-5-13(15-12)20(18,19)16-7-2-3-10-9-11(10)16/h1,4-5,10-11,17H,2-3,6-9H2,(H,14,15). The average Bonchev–Trinajstić information content (AvgIpc) is 3.24. The Kier molecular flexibility index (Phi) is 3.66. The number of sulfonamides is 1. The zero-order valence-electron chi connectivity index (χ0n) is 11.2. The van der Waals surface area contributed by atoms with Crippen LogP contribution in [0.3, 0.4) is 0 Å². The molecule has 0 spiro atoms. The minimum absolute atomic E-state index is 0.0193. The number of piperidine rings is 1. The van der Waals surface area contributed by atoms with Gasteiger partial charge in [0.1, 0.15) is 5.82 Å². The Morgan fingerprint density at radius 1 is 1.45 bits per heavy atom. The Morgan fingerprint density at radius 2 is 2.30 bits per heavy atom. The highest BCUT2D eigenvalue weighted by molar-refractivity contribution is 7.89. The lowest BCUT2D eigenvalue weighted by molar-refractivity contribution is 0.311. The molecule has 0 amide bonds. The number of pyridine rings is 1. The average molecular weight is 297 g/mol. The molecule has 1 saturated carbocycles. The van der Waals surface area contributed by atoms with Crippen LogP contribution in [-0.2, 0) is 10.0 Å². The molecule has 3 rings (SSSR count). The lowest BCUT2D eigenvalue weighted by Crippen LogP contribution is -2.37. The van der Waals surface area contributed by atoms with Gasteiger partial charge in [-0.2, -0.15) is 4.31 Å². The number of aliphatic hydroxyl groups excluding tert-OH is 1. The molecule has 7 heteroatoms. The van der Waals surface area contributed by atoms with Gasteiger partial charge < -0.3 is 10.4 Å². The van der Waals surface area contributed by atoms with Gasteiger partial charge in [0.2, 0.25) is 0 Å². The molecule has 2 unspecified atom stereocenters. The monoisotopic (exact) mass is 297 g/mol. The first kappa shape index (κ1) is 13.8. The van der Waals surface area contributed by atoms with Gasteiger partial charge in [0.25, 0.3) is 10.0 Å². The second-order valence-corrected chi connectivity index (χ2v) is 7.17. The van der Waals surface area contributed by atoms with E-state index in [0.717, 1.165) is 19.3 Å². The van der Waals surface area contributed by atoms with Crippen LogP contribution in [0.25, 0.3) is 0 Å². The minimum atomic E-state index is -3.50. The number of fused-ring (bicyclic) bond motifs is 1. The zero-order valence-corrected chi connectivity index (χ0v) is 12.0. The van der Waals surface area contributed by atoms with Crippen molar-refractivity contribution in [2.75, 3.05) is 25.0 Å². The SMILES string of the molecule is O=S(=O)(c1cccc(NCCO)n1)N1CCCC2CC21. The fraction of sp³-hybridized carbons (Fsp3) is 0.615. The summed E-state index contributed by atoms with van der Waals surface area (Å²) in [6, 6.07) is 5.09. The summed E-state index contributed by atoms with van der Waals surface area (Å²) in [5.41, 5.74) is 0. The van der Waals surface area contributed by atoms with Crippen molar-refractivity contribution in [3.05, 3.63) is 18.2 Å². The van der Waals surface area contributed by atoms with Gasteiger partial charge in [0, 0.05) is 19.1 Å². The summed E-state index contributed by atoms with van der Waals surface area (Å²) in [6.07, 6.45) is 3.06. The van der Waals surface area contributed by atoms with E-state index in [0.29, 0.717) is 24.8 Å². The van der Waals surface area contributed by atoms with Gasteiger partial charge in [-0.15, -0.1) is 0 Å². The summed E-state index contributed by atoms with van der Waals surface area (Å²) in [5.74, 6) is 1.03. The van der Waals surface area contributed by atoms with Crippen LogP contribution in [0.4, 0.5) is 5.82 Å². The fourth-order valence-corrected chi connectivity index (χ4v) is 4.52. The Bertz CT molecular complexity index is 590. The van der Waals surface area contributed by atoms with Crippen molar-refractivity contribution >= 4 is 15.8 Å². The first-order valence-electron chi connectivity index (χ1n) is 6.96. The molecule has 2 aliphatic rings. The number of rotatable bonds is 5. The predicted octanol–water partition coefficient (Wildman–Crippen LogP) is 0.659. The maximum atomic E-state index is 12.6. The van der Waals surface area contributed by atoms with E-state index in [2.05, 4.69) is 10.3 Å². The summed E-state index contributed by atoms with van der Waals surface area (Å²) >= 11 is 0. The Hall–Kier alpha value is -1.18. The molecule has 0 radical (unpaired) electrons. The largest absolute Gasteiger partial charge is 0.395 e. The third-order valence-electron chi connectivity index (χ3n) is 3.92. The third kappa shape index (κ3) is 2.53. The Morgan fingerprint density at radius 3 is 3.10 bits per heavy atom. The van der Waals surface area contributed by atoms with Gasteiger partial charge in [0.05, 0.1) is 6.61 Å². The highest BCUT2D eigenvalue weighted by Crippen LogP contribution is 2.45. The van der Waals surface area contributed by atoms with Crippen LogP contribution >= 0.6 is 0 Å². The molecule has 2 heterocycles. The normalized spacial score (nSPS) is 26.1. The van der Waals surface area contributed by atoms with Crippen LogP contribution in [-0.4, -0.2) is 48.6 Å². The van der Waals surface area contributed by atoms with Crippen molar-refractivity contribution in [1.82, 2.24) is 9.29 Å². The summed E-state index contributed by atoms with van der Waals surface area (Å²) in [7, 11) is -3.50. The predicted molar refractivity (Wildman–Crippen MR) is 74.8 cm³/mol. The maximum Gasteiger partial charge on any atom is 0.260 e. The third-order valence-corrected chi connectivity index (χ3v) is 5.75. The molecule has 2 fully saturated rings. The Balaban J connectivity index is 1.83. The van der Waals surface area contributed by atoms with Crippen molar-refractivity contribution in [1.29, 1.82) is 0 Å². The molecule has 20 heavy (non-hydrogen) atoms. The number of hydrogen-bond acceptors (Lipinski definition) is 5. The van der Waals surface area contributed by atoms with Crippen molar-refractivity contribution in [2.45, 2.75) is 30.3 Å². The van der Waals surface area contributed by atoms with E-state index in [4.69, 9.17) is 5.11 Å². The second kappa shape index (κ2) is 5.31. The molecule has 0 aromatic carbocycles. The number of nitrogens with zero attached hydrogens (tertiary/aromatic N) is 2. The van der Waals surface area contributed by atoms with Gasteiger partial charge in [-0.1, -0.05) is 6.07 Å². The molecule has 110 valence electrons. The van der Waals surface area contributed by atoms with Crippen LogP contribution in [0.2, 0.25) is 0 Å². The molecule has 1 aromatic heterocycles. The summed E-state index contributed by atoms with van der Waals surface area (Å²) in [6.45, 7) is 0.929. The van der Waals surface area contributed by atoms with E-state index in [9.17, 15) is 8.42 Å². The molecule has 6 nitrogen and oxygen atoms in total. The molecular formula is C13H19N3O3S. The minimum Gasteiger partial charge on any atom is -0.395 e. The molecule has 1 saturated heterocycles. The van der Waals surface area contributed by atoms with E-state index in [1.165, 1.54) is 6.07 Å².